The van der Waals surface area contributed by atoms with Crippen LogP contribution in [0.4, 0.5) is 10.1 Å². The number of hydrogen-bond acceptors (Lipinski definition) is 5. The van der Waals surface area contributed by atoms with Gasteiger partial charge in [-0.2, -0.15) is 0 Å². The fourth-order valence-electron chi connectivity index (χ4n) is 4.24. The van der Waals surface area contributed by atoms with Gasteiger partial charge in [-0.1, -0.05) is 50.6 Å². The van der Waals surface area contributed by atoms with E-state index in [9.17, 15) is 22.4 Å². The molecule has 2 amide bonds. The molecule has 0 aliphatic carbocycles. The topological polar surface area (TPSA) is 96.0 Å². The smallest absolute Gasteiger partial charge is 0.264 e. The minimum Gasteiger partial charge on any atom is -0.497 e. The third kappa shape index (κ3) is 8.29. The van der Waals surface area contributed by atoms with Crippen LogP contribution in [0, 0.1) is 18.7 Å². The molecule has 0 spiro atoms. The second-order valence-corrected chi connectivity index (χ2v) is 12.1. The Balaban J connectivity index is 2.04. The maximum absolute atomic E-state index is 14.0. The summed E-state index contributed by atoms with van der Waals surface area (Å²) in [6, 6.07) is 17.5. The Morgan fingerprint density at radius 3 is 2.10 bits per heavy atom. The molecule has 0 heterocycles. The van der Waals surface area contributed by atoms with Crippen molar-refractivity contribution in [3.8, 4) is 5.75 Å². The molecule has 8 nitrogen and oxygen atoms in total. The van der Waals surface area contributed by atoms with Crippen LogP contribution in [0.2, 0.25) is 0 Å². The van der Waals surface area contributed by atoms with Crippen LogP contribution in [0.1, 0.15) is 38.3 Å². The molecule has 1 atom stereocenters. The van der Waals surface area contributed by atoms with Crippen LogP contribution in [0.3, 0.4) is 0 Å². The van der Waals surface area contributed by atoms with Crippen molar-refractivity contribution in [1.29, 1.82) is 0 Å². The predicted octanol–water partition coefficient (Wildman–Crippen LogP) is 4.92. The van der Waals surface area contributed by atoms with Gasteiger partial charge >= 0.3 is 0 Å². The van der Waals surface area contributed by atoms with E-state index in [1.165, 1.54) is 36.3 Å². The largest absolute Gasteiger partial charge is 0.497 e. The van der Waals surface area contributed by atoms with Gasteiger partial charge in [0.05, 0.1) is 17.7 Å². The standard InChI is InChI=1S/C31H38FN3O5S/c1-6-29(31(37)33-19-22(2)3)34(20-24-9-11-25(32)12-10-24)30(36)21-35(26-13-15-27(40-5)16-14-26)41(38,39)28-17-7-23(4)8-18-28/h7-18,22,29H,6,19-21H2,1-5H3,(H,33,37)/t29-/m1/s1. The number of amides is 2. The first kappa shape index (κ1) is 31.6. The maximum atomic E-state index is 14.0. The number of methoxy groups -OCH3 is 1. The molecule has 1 N–H and O–H groups in total. The molecule has 0 radical (unpaired) electrons. The molecule has 3 aromatic carbocycles. The van der Waals surface area contributed by atoms with Gasteiger partial charge < -0.3 is 15.0 Å². The minimum absolute atomic E-state index is 0.00620. The second-order valence-electron chi connectivity index (χ2n) is 10.2. The first-order chi connectivity index (χ1) is 19.5. The summed E-state index contributed by atoms with van der Waals surface area (Å²) in [7, 11) is -2.67. The van der Waals surface area contributed by atoms with Crippen LogP contribution in [-0.2, 0) is 26.2 Å². The number of rotatable bonds is 13. The molecule has 10 heteroatoms. The summed E-state index contributed by atoms with van der Waals surface area (Å²) < 4.78 is 47.7. The average molecular weight is 584 g/mol. The van der Waals surface area contributed by atoms with E-state index < -0.39 is 34.3 Å². The Morgan fingerprint density at radius 1 is 0.951 bits per heavy atom. The van der Waals surface area contributed by atoms with Crippen molar-refractivity contribution in [3.63, 3.8) is 0 Å². The van der Waals surface area contributed by atoms with Gasteiger partial charge in [-0.05, 0) is 73.4 Å². The van der Waals surface area contributed by atoms with E-state index in [1.807, 2.05) is 20.8 Å². The summed E-state index contributed by atoms with van der Waals surface area (Å²) in [5.41, 5.74) is 1.76. The highest BCUT2D eigenvalue weighted by molar-refractivity contribution is 7.92. The second kappa shape index (κ2) is 14.1. The Hall–Kier alpha value is -3.92. The third-order valence-corrected chi connectivity index (χ3v) is 8.37. The van der Waals surface area contributed by atoms with E-state index >= 15 is 0 Å². The number of aryl methyl sites for hydroxylation is 1. The molecule has 3 rings (SSSR count). The average Bonchev–Trinajstić information content (AvgIpc) is 2.95. The summed E-state index contributed by atoms with van der Waals surface area (Å²) in [5.74, 6) is -0.619. The predicted molar refractivity (Wildman–Crippen MR) is 158 cm³/mol. The number of ether oxygens (including phenoxy) is 1. The molecule has 41 heavy (non-hydrogen) atoms. The molecular formula is C31H38FN3O5S. The number of nitrogens with zero attached hydrogens (tertiary/aromatic N) is 2. The van der Waals surface area contributed by atoms with Gasteiger partial charge in [-0.25, -0.2) is 12.8 Å². The number of benzene rings is 3. The highest BCUT2D eigenvalue weighted by Crippen LogP contribution is 2.27. The number of nitrogens with one attached hydrogen (secondary N) is 1. The van der Waals surface area contributed by atoms with Crippen molar-refractivity contribution < 1.29 is 27.1 Å². The summed E-state index contributed by atoms with van der Waals surface area (Å²) in [6.07, 6.45) is 0.296. The number of hydrogen-bond donors (Lipinski definition) is 1. The fourth-order valence-corrected chi connectivity index (χ4v) is 5.66. The quantitative estimate of drug-likeness (QED) is 0.308. The van der Waals surface area contributed by atoms with Crippen LogP contribution in [-0.4, -0.2) is 51.4 Å². The van der Waals surface area contributed by atoms with Gasteiger partial charge in [-0.3, -0.25) is 13.9 Å². The van der Waals surface area contributed by atoms with Crippen molar-refractivity contribution in [1.82, 2.24) is 10.2 Å². The van der Waals surface area contributed by atoms with E-state index in [1.54, 1.807) is 55.5 Å². The van der Waals surface area contributed by atoms with Crippen LogP contribution >= 0.6 is 0 Å². The van der Waals surface area contributed by atoms with E-state index in [0.717, 1.165) is 9.87 Å². The fraction of sp³-hybridized carbons (Fsp3) is 0.355. The van der Waals surface area contributed by atoms with Gasteiger partial charge in [0.15, 0.2) is 0 Å². The van der Waals surface area contributed by atoms with Crippen LogP contribution in [0.5, 0.6) is 5.75 Å². The Kier molecular flexibility index (Phi) is 10.9. The monoisotopic (exact) mass is 583 g/mol. The lowest BCUT2D eigenvalue weighted by molar-refractivity contribution is -0.140. The summed E-state index contributed by atoms with van der Waals surface area (Å²) in [6.45, 7) is 7.42. The van der Waals surface area contributed by atoms with E-state index in [0.29, 0.717) is 24.3 Å². The van der Waals surface area contributed by atoms with E-state index in [-0.39, 0.29) is 29.0 Å². The van der Waals surface area contributed by atoms with Gasteiger partial charge in [0, 0.05) is 13.1 Å². The first-order valence-electron chi connectivity index (χ1n) is 13.5. The van der Waals surface area contributed by atoms with Crippen molar-refractivity contribution in [2.24, 2.45) is 5.92 Å². The number of carbonyl (C=O) groups is 2. The molecule has 0 aliphatic heterocycles. The zero-order valence-corrected chi connectivity index (χ0v) is 24.9. The van der Waals surface area contributed by atoms with Gasteiger partial charge in [0.25, 0.3) is 10.0 Å². The third-order valence-electron chi connectivity index (χ3n) is 6.58. The molecule has 0 unspecified atom stereocenters. The van der Waals surface area contributed by atoms with Crippen LogP contribution < -0.4 is 14.4 Å². The SMILES string of the molecule is CC[C@H](C(=O)NCC(C)C)N(Cc1ccc(F)cc1)C(=O)CN(c1ccc(OC)cc1)S(=O)(=O)c1ccc(C)cc1. The van der Waals surface area contributed by atoms with Crippen molar-refractivity contribution in [3.05, 3.63) is 89.7 Å². The maximum Gasteiger partial charge on any atom is 0.264 e. The Bertz CT molecular complexity index is 1410. The number of carbonyl (C=O) groups excluding carboxylic acids is 2. The van der Waals surface area contributed by atoms with Crippen molar-refractivity contribution in [2.75, 3.05) is 24.5 Å². The lowest BCUT2D eigenvalue weighted by Gasteiger charge is -2.33. The molecule has 0 aromatic heterocycles. The molecule has 0 aliphatic rings. The van der Waals surface area contributed by atoms with Gasteiger partial charge in [0.2, 0.25) is 11.8 Å². The summed E-state index contributed by atoms with van der Waals surface area (Å²) in [5, 5.41) is 2.88. The van der Waals surface area contributed by atoms with E-state index in [4.69, 9.17) is 4.74 Å². The lowest BCUT2D eigenvalue weighted by atomic mass is 10.1. The molecule has 3 aromatic rings. The normalized spacial score (nSPS) is 12.1. The summed E-state index contributed by atoms with van der Waals surface area (Å²) >= 11 is 0. The molecular weight excluding hydrogens is 545 g/mol. The summed E-state index contributed by atoms with van der Waals surface area (Å²) in [4.78, 5) is 28.7. The molecule has 0 bridgehead atoms. The lowest BCUT2D eigenvalue weighted by Crippen LogP contribution is -2.52. The highest BCUT2D eigenvalue weighted by atomic mass is 32.2. The van der Waals surface area contributed by atoms with Gasteiger partial charge in [-0.15, -0.1) is 0 Å². The molecule has 0 saturated carbocycles. The van der Waals surface area contributed by atoms with Crippen LogP contribution in [0.15, 0.2) is 77.7 Å². The van der Waals surface area contributed by atoms with Crippen molar-refractivity contribution >= 4 is 27.5 Å². The van der Waals surface area contributed by atoms with E-state index in [2.05, 4.69) is 5.32 Å². The highest BCUT2D eigenvalue weighted by Gasteiger charge is 2.33. The zero-order chi connectivity index (χ0) is 30.2. The van der Waals surface area contributed by atoms with Crippen molar-refractivity contribution in [2.45, 2.75) is 51.6 Å². The molecule has 220 valence electrons. The van der Waals surface area contributed by atoms with Gasteiger partial charge in [0.1, 0.15) is 24.2 Å². The number of anilines is 1. The first-order valence-corrected chi connectivity index (χ1v) is 14.9. The molecule has 0 fully saturated rings. The minimum atomic E-state index is -4.18. The zero-order valence-electron chi connectivity index (χ0n) is 24.1. The number of halogens is 1. The number of sulfonamides is 1. The molecule has 0 saturated heterocycles. The van der Waals surface area contributed by atoms with Crippen LogP contribution in [0.25, 0.3) is 0 Å². The Morgan fingerprint density at radius 2 is 1.56 bits per heavy atom. The Labute approximate surface area is 242 Å².